The largest absolute Gasteiger partial charge is 0.382 e. The Morgan fingerprint density at radius 2 is 2.26 bits per heavy atom. The van der Waals surface area contributed by atoms with Gasteiger partial charge in [-0.25, -0.2) is 0 Å². The highest BCUT2D eigenvalue weighted by molar-refractivity contribution is 7.99. The third-order valence-corrected chi connectivity index (χ3v) is 5.48. The van der Waals surface area contributed by atoms with E-state index in [0.29, 0.717) is 12.0 Å². The molecule has 2 aliphatic heterocycles. The molecule has 0 radical (unpaired) electrons. The molecule has 2 fully saturated rings. The highest BCUT2D eigenvalue weighted by Gasteiger charge is 2.40. The lowest BCUT2D eigenvalue weighted by atomic mass is 9.78. The molecule has 2 rings (SSSR count). The smallest absolute Gasteiger partial charge is 0.0701 e. The molecule has 0 aromatic rings. The molecule has 112 valence electrons. The van der Waals surface area contributed by atoms with Crippen molar-refractivity contribution < 1.29 is 9.47 Å². The molecule has 3 N–H and O–H groups in total. The van der Waals surface area contributed by atoms with Crippen LogP contribution in [0.25, 0.3) is 0 Å². The van der Waals surface area contributed by atoms with Gasteiger partial charge >= 0.3 is 0 Å². The maximum absolute atomic E-state index is 6.14. The number of nitrogens with one attached hydrogen (secondary N) is 1. The van der Waals surface area contributed by atoms with Crippen molar-refractivity contribution in [3.63, 3.8) is 0 Å². The van der Waals surface area contributed by atoms with Crippen molar-refractivity contribution in [1.82, 2.24) is 5.43 Å². The van der Waals surface area contributed by atoms with Crippen LogP contribution in [0.1, 0.15) is 39.0 Å². The van der Waals surface area contributed by atoms with Gasteiger partial charge in [0.1, 0.15) is 0 Å². The Kier molecular flexibility index (Phi) is 6.42. The van der Waals surface area contributed by atoms with E-state index in [1.54, 1.807) is 0 Å². The minimum absolute atomic E-state index is 0.148. The lowest BCUT2D eigenvalue weighted by molar-refractivity contribution is -0.108. The van der Waals surface area contributed by atoms with E-state index in [1.165, 1.54) is 24.3 Å². The normalized spacial score (nSPS) is 28.4. The first-order chi connectivity index (χ1) is 9.29. The number of hydrazine groups is 1. The predicted octanol–water partition coefficient (Wildman–Crippen LogP) is 1.94. The number of hydrogen-bond acceptors (Lipinski definition) is 5. The van der Waals surface area contributed by atoms with E-state index in [4.69, 9.17) is 15.3 Å². The van der Waals surface area contributed by atoms with E-state index in [-0.39, 0.29) is 5.60 Å². The highest BCUT2D eigenvalue weighted by atomic mass is 32.2. The average Bonchev–Trinajstić information content (AvgIpc) is 2.44. The summed E-state index contributed by atoms with van der Waals surface area (Å²) in [4.78, 5) is 0. The Balaban J connectivity index is 1.87. The maximum atomic E-state index is 6.14. The third-order valence-electron chi connectivity index (χ3n) is 4.50. The van der Waals surface area contributed by atoms with Crippen LogP contribution in [0.5, 0.6) is 0 Å². The molecule has 0 amide bonds. The van der Waals surface area contributed by atoms with Crippen LogP contribution >= 0.6 is 11.8 Å². The zero-order valence-electron chi connectivity index (χ0n) is 12.0. The lowest BCUT2D eigenvalue weighted by Crippen LogP contribution is -2.50. The summed E-state index contributed by atoms with van der Waals surface area (Å²) in [6, 6.07) is 0.363. The summed E-state index contributed by atoms with van der Waals surface area (Å²) >= 11 is 2.05. The SMILES string of the molecule is CCOCCC(NN)C1CCOC2(CCSCC2)C1. The topological polar surface area (TPSA) is 56.5 Å². The monoisotopic (exact) mass is 288 g/mol. The molecule has 0 bridgehead atoms. The van der Waals surface area contributed by atoms with Crippen molar-refractivity contribution in [1.29, 1.82) is 0 Å². The molecule has 4 nitrogen and oxygen atoms in total. The molecule has 2 unspecified atom stereocenters. The number of thioether (sulfide) groups is 1. The molecule has 0 saturated carbocycles. The Morgan fingerprint density at radius 3 is 2.95 bits per heavy atom. The predicted molar refractivity (Wildman–Crippen MR) is 80.2 cm³/mol. The van der Waals surface area contributed by atoms with Crippen molar-refractivity contribution in [2.75, 3.05) is 31.3 Å². The van der Waals surface area contributed by atoms with Crippen molar-refractivity contribution in [3.8, 4) is 0 Å². The lowest BCUT2D eigenvalue weighted by Gasteiger charge is -2.45. The van der Waals surface area contributed by atoms with Gasteiger partial charge in [-0.05, 0) is 56.5 Å². The van der Waals surface area contributed by atoms with Gasteiger partial charge in [0.05, 0.1) is 5.60 Å². The fourth-order valence-electron chi connectivity index (χ4n) is 3.31. The Hall–Kier alpha value is 0.190. The molecule has 5 heteroatoms. The molecule has 0 aromatic carbocycles. The van der Waals surface area contributed by atoms with E-state index in [2.05, 4.69) is 17.2 Å². The fourth-order valence-corrected chi connectivity index (χ4v) is 4.55. The van der Waals surface area contributed by atoms with Crippen LogP contribution in [-0.4, -0.2) is 43.0 Å². The summed E-state index contributed by atoms with van der Waals surface area (Å²) in [5, 5.41) is 0. The third kappa shape index (κ3) is 4.33. The van der Waals surface area contributed by atoms with Gasteiger partial charge in [0, 0.05) is 25.9 Å². The summed E-state index contributed by atoms with van der Waals surface area (Å²) in [6.07, 6.45) is 5.69. The van der Waals surface area contributed by atoms with E-state index < -0.39 is 0 Å². The summed E-state index contributed by atoms with van der Waals surface area (Å²) in [5.74, 6) is 8.87. The van der Waals surface area contributed by atoms with Crippen LogP contribution in [-0.2, 0) is 9.47 Å². The molecule has 2 aliphatic rings. The highest BCUT2D eigenvalue weighted by Crippen LogP contribution is 2.40. The van der Waals surface area contributed by atoms with E-state index >= 15 is 0 Å². The first-order valence-corrected chi connectivity index (χ1v) is 8.71. The fraction of sp³-hybridized carbons (Fsp3) is 1.00. The summed E-state index contributed by atoms with van der Waals surface area (Å²) in [5.41, 5.74) is 3.16. The van der Waals surface area contributed by atoms with Gasteiger partial charge in [0.2, 0.25) is 0 Å². The van der Waals surface area contributed by atoms with Crippen LogP contribution in [0.2, 0.25) is 0 Å². The van der Waals surface area contributed by atoms with Crippen LogP contribution in [0, 0.1) is 5.92 Å². The van der Waals surface area contributed by atoms with E-state index in [1.807, 2.05) is 6.92 Å². The first-order valence-electron chi connectivity index (χ1n) is 7.55. The van der Waals surface area contributed by atoms with Crippen LogP contribution in [0.3, 0.4) is 0 Å². The second-order valence-corrected chi connectivity index (χ2v) is 6.88. The van der Waals surface area contributed by atoms with Crippen molar-refractivity contribution in [3.05, 3.63) is 0 Å². The van der Waals surface area contributed by atoms with E-state index in [9.17, 15) is 0 Å². The Labute approximate surface area is 121 Å². The van der Waals surface area contributed by atoms with Gasteiger partial charge in [-0.2, -0.15) is 11.8 Å². The molecule has 19 heavy (non-hydrogen) atoms. The number of nitrogens with two attached hydrogens (primary N) is 1. The van der Waals surface area contributed by atoms with Gasteiger partial charge < -0.3 is 9.47 Å². The quantitative estimate of drug-likeness (QED) is 0.444. The standard InChI is InChI=1S/C14H28N2O2S/c1-2-17-7-4-13(16-15)12-3-8-18-14(11-12)5-9-19-10-6-14/h12-13,16H,2-11,15H2,1H3. The van der Waals surface area contributed by atoms with Crippen LogP contribution in [0.4, 0.5) is 0 Å². The van der Waals surface area contributed by atoms with Crippen molar-refractivity contribution in [2.24, 2.45) is 11.8 Å². The zero-order valence-corrected chi connectivity index (χ0v) is 12.8. The molecule has 2 saturated heterocycles. The van der Waals surface area contributed by atoms with Crippen molar-refractivity contribution in [2.45, 2.75) is 50.7 Å². The summed E-state index contributed by atoms with van der Waals surface area (Å²) < 4.78 is 11.6. The minimum atomic E-state index is 0.148. The molecular weight excluding hydrogens is 260 g/mol. The Bertz CT molecular complexity index is 254. The van der Waals surface area contributed by atoms with Crippen molar-refractivity contribution >= 4 is 11.8 Å². The minimum Gasteiger partial charge on any atom is -0.382 e. The van der Waals surface area contributed by atoms with Gasteiger partial charge in [0.15, 0.2) is 0 Å². The summed E-state index contributed by atoms with van der Waals surface area (Å²) in [6.45, 7) is 4.51. The number of rotatable bonds is 6. The molecule has 2 atom stereocenters. The Morgan fingerprint density at radius 1 is 1.47 bits per heavy atom. The number of ether oxygens (including phenoxy) is 2. The second kappa shape index (κ2) is 7.84. The average molecular weight is 288 g/mol. The number of hydrogen-bond donors (Lipinski definition) is 2. The van der Waals surface area contributed by atoms with Gasteiger partial charge in [0.25, 0.3) is 0 Å². The van der Waals surface area contributed by atoms with Crippen LogP contribution in [0.15, 0.2) is 0 Å². The second-order valence-electron chi connectivity index (χ2n) is 5.66. The molecule has 0 aromatic heterocycles. The van der Waals surface area contributed by atoms with Crippen LogP contribution < -0.4 is 11.3 Å². The van der Waals surface area contributed by atoms with Gasteiger partial charge in [-0.3, -0.25) is 11.3 Å². The molecule has 2 heterocycles. The molecule has 0 aliphatic carbocycles. The summed E-state index contributed by atoms with van der Waals surface area (Å²) in [7, 11) is 0. The van der Waals surface area contributed by atoms with Gasteiger partial charge in [-0.1, -0.05) is 0 Å². The van der Waals surface area contributed by atoms with E-state index in [0.717, 1.165) is 39.1 Å². The zero-order chi connectivity index (χ0) is 13.6. The van der Waals surface area contributed by atoms with Gasteiger partial charge in [-0.15, -0.1) is 0 Å². The first kappa shape index (κ1) is 15.6. The molecular formula is C14H28N2O2S. The maximum Gasteiger partial charge on any atom is 0.0701 e. The molecule has 1 spiro atoms.